The molecule has 7 heteroatoms. The lowest BCUT2D eigenvalue weighted by molar-refractivity contribution is -0.135. The van der Waals surface area contributed by atoms with Gasteiger partial charge in [-0.3, -0.25) is 14.4 Å². The van der Waals surface area contributed by atoms with E-state index in [0.717, 1.165) is 22.4 Å². The standard InChI is InChI=1S/C20H27N3O4/c1-12-11-15(13(2)14(3)18(12)27-4)19(25)22-7-9-23(10-8-22)20(26)16-5-6-17(24)21-16/h11,16H,5-10H2,1-4H3,(H,21,24). The van der Waals surface area contributed by atoms with Crippen LogP contribution in [0, 0.1) is 20.8 Å². The molecular weight excluding hydrogens is 346 g/mol. The van der Waals surface area contributed by atoms with Crippen LogP contribution in [0.5, 0.6) is 5.75 Å². The largest absolute Gasteiger partial charge is 0.496 e. The van der Waals surface area contributed by atoms with Crippen LogP contribution < -0.4 is 10.1 Å². The van der Waals surface area contributed by atoms with Crippen LogP contribution in [0.25, 0.3) is 0 Å². The summed E-state index contributed by atoms with van der Waals surface area (Å²) < 4.78 is 5.43. The molecule has 0 aromatic heterocycles. The highest BCUT2D eigenvalue weighted by molar-refractivity contribution is 5.97. The van der Waals surface area contributed by atoms with Gasteiger partial charge in [0.05, 0.1) is 7.11 Å². The number of methoxy groups -OCH3 is 1. The van der Waals surface area contributed by atoms with E-state index >= 15 is 0 Å². The minimum absolute atomic E-state index is 0.0115. The molecule has 2 aliphatic rings. The van der Waals surface area contributed by atoms with Crippen LogP contribution in [0.15, 0.2) is 6.07 Å². The summed E-state index contributed by atoms with van der Waals surface area (Å²) >= 11 is 0. The number of amides is 3. The van der Waals surface area contributed by atoms with Gasteiger partial charge in [-0.1, -0.05) is 0 Å². The lowest BCUT2D eigenvalue weighted by Crippen LogP contribution is -2.54. The van der Waals surface area contributed by atoms with Crippen molar-refractivity contribution in [3.05, 3.63) is 28.3 Å². The van der Waals surface area contributed by atoms with E-state index in [1.165, 1.54) is 0 Å². The van der Waals surface area contributed by atoms with E-state index in [-0.39, 0.29) is 17.7 Å². The summed E-state index contributed by atoms with van der Waals surface area (Å²) in [7, 11) is 1.64. The molecule has 1 unspecified atom stereocenters. The number of ether oxygens (including phenoxy) is 1. The van der Waals surface area contributed by atoms with Crippen molar-refractivity contribution in [2.24, 2.45) is 0 Å². The van der Waals surface area contributed by atoms with Crippen molar-refractivity contribution < 1.29 is 19.1 Å². The number of hydrogen-bond acceptors (Lipinski definition) is 4. The molecule has 3 rings (SSSR count). The molecule has 1 aromatic carbocycles. The van der Waals surface area contributed by atoms with Crippen molar-refractivity contribution in [1.29, 1.82) is 0 Å². The van der Waals surface area contributed by atoms with Gasteiger partial charge >= 0.3 is 0 Å². The fourth-order valence-electron chi connectivity index (χ4n) is 3.91. The Bertz CT molecular complexity index is 782. The SMILES string of the molecule is COc1c(C)cc(C(=O)N2CCN(C(=O)C3CCC(=O)N3)CC2)c(C)c1C. The van der Waals surface area contributed by atoms with Gasteiger partial charge in [-0.05, 0) is 49.9 Å². The molecule has 1 atom stereocenters. The third-order valence-corrected chi connectivity index (χ3v) is 5.63. The molecular formula is C20H27N3O4. The Balaban J connectivity index is 1.67. The first-order valence-corrected chi connectivity index (χ1v) is 9.35. The highest BCUT2D eigenvalue weighted by Crippen LogP contribution is 2.29. The lowest BCUT2D eigenvalue weighted by Gasteiger charge is -2.36. The molecule has 3 amide bonds. The first kappa shape index (κ1) is 19.2. The number of carbonyl (C=O) groups is 3. The number of rotatable bonds is 3. The van der Waals surface area contributed by atoms with Gasteiger partial charge in [0.15, 0.2) is 0 Å². The molecule has 0 saturated carbocycles. The number of nitrogens with one attached hydrogen (secondary N) is 1. The van der Waals surface area contributed by atoms with E-state index in [2.05, 4.69) is 5.32 Å². The normalized spacial score (nSPS) is 19.9. The second kappa shape index (κ2) is 7.58. The van der Waals surface area contributed by atoms with Crippen molar-refractivity contribution in [2.75, 3.05) is 33.3 Å². The molecule has 0 spiro atoms. The van der Waals surface area contributed by atoms with Crippen LogP contribution in [0.1, 0.15) is 39.9 Å². The summed E-state index contributed by atoms with van der Waals surface area (Å²) in [6, 6.07) is 1.48. The van der Waals surface area contributed by atoms with Crippen LogP contribution in [-0.4, -0.2) is 66.9 Å². The van der Waals surface area contributed by atoms with E-state index in [1.54, 1.807) is 16.9 Å². The second-order valence-electron chi connectivity index (χ2n) is 7.30. The minimum atomic E-state index is -0.408. The molecule has 1 N–H and O–H groups in total. The predicted octanol–water partition coefficient (Wildman–Crippen LogP) is 1.18. The van der Waals surface area contributed by atoms with Gasteiger partial charge in [0.2, 0.25) is 11.8 Å². The van der Waals surface area contributed by atoms with Gasteiger partial charge in [0, 0.05) is 38.2 Å². The molecule has 2 saturated heterocycles. The Morgan fingerprint density at radius 3 is 2.26 bits per heavy atom. The summed E-state index contributed by atoms with van der Waals surface area (Å²) in [5, 5.41) is 2.72. The monoisotopic (exact) mass is 373 g/mol. The number of benzene rings is 1. The summed E-state index contributed by atoms with van der Waals surface area (Å²) in [4.78, 5) is 40.4. The third kappa shape index (κ3) is 3.63. The maximum atomic E-state index is 13.0. The fraction of sp³-hybridized carbons (Fsp3) is 0.550. The smallest absolute Gasteiger partial charge is 0.254 e. The highest BCUT2D eigenvalue weighted by atomic mass is 16.5. The Labute approximate surface area is 159 Å². The van der Waals surface area contributed by atoms with Crippen molar-refractivity contribution >= 4 is 17.7 Å². The minimum Gasteiger partial charge on any atom is -0.496 e. The molecule has 2 aliphatic heterocycles. The number of carbonyl (C=O) groups excluding carboxylic acids is 3. The molecule has 1 aromatic rings. The van der Waals surface area contributed by atoms with Gasteiger partial charge in [0.1, 0.15) is 11.8 Å². The average molecular weight is 373 g/mol. The number of nitrogens with zero attached hydrogens (tertiary/aromatic N) is 2. The van der Waals surface area contributed by atoms with Gasteiger partial charge in [0.25, 0.3) is 5.91 Å². The van der Waals surface area contributed by atoms with Gasteiger partial charge in [-0.25, -0.2) is 0 Å². The van der Waals surface area contributed by atoms with Crippen LogP contribution >= 0.6 is 0 Å². The third-order valence-electron chi connectivity index (χ3n) is 5.63. The Hall–Kier alpha value is -2.57. The van der Waals surface area contributed by atoms with Crippen molar-refractivity contribution in [1.82, 2.24) is 15.1 Å². The first-order chi connectivity index (χ1) is 12.8. The maximum Gasteiger partial charge on any atom is 0.254 e. The summed E-state index contributed by atoms with van der Waals surface area (Å²) in [5.41, 5.74) is 3.53. The van der Waals surface area contributed by atoms with Crippen molar-refractivity contribution in [3.8, 4) is 5.75 Å². The Morgan fingerprint density at radius 1 is 1.07 bits per heavy atom. The molecule has 27 heavy (non-hydrogen) atoms. The highest BCUT2D eigenvalue weighted by Gasteiger charge is 2.33. The molecule has 0 bridgehead atoms. The van der Waals surface area contributed by atoms with Crippen LogP contribution in [0.3, 0.4) is 0 Å². The second-order valence-corrected chi connectivity index (χ2v) is 7.30. The Kier molecular flexibility index (Phi) is 5.39. The van der Waals surface area contributed by atoms with Gasteiger partial charge in [-0.2, -0.15) is 0 Å². The maximum absolute atomic E-state index is 13.0. The first-order valence-electron chi connectivity index (χ1n) is 9.35. The average Bonchev–Trinajstić information content (AvgIpc) is 3.10. The summed E-state index contributed by atoms with van der Waals surface area (Å²) in [5.74, 6) is 0.698. The molecule has 2 heterocycles. The molecule has 0 radical (unpaired) electrons. The molecule has 146 valence electrons. The van der Waals surface area contributed by atoms with Crippen LogP contribution in [0.2, 0.25) is 0 Å². The zero-order valence-corrected chi connectivity index (χ0v) is 16.4. The van der Waals surface area contributed by atoms with Crippen LogP contribution in [0.4, 0.5) is 0 Å². The van der Waals surface area contributed by atoms with Gasteiger partial charge in [-0.15, -0.1) is 0 Å². The quantitative estimate of drug-likeness (QED) is 0.863. The number of hydrogen-bond donors (Lipinski definition) is 1. The van der Waals surface area contributed by atoms with Crippen molar-refractivity contribution in [3.63, 3.8) is 0 Å². The fourth-order valence-corrected chi connectivity index (χ4v) is 3.91. The van der Waals surface area contributed by atoms with Crippen molar-refractivity contribution in [2.45, 2.75) is 39.7 Å². The molecule has 2 fully saturated rings. The number of aryl methyl sites for hydroxylation is 1. The number of piperazine rings is 1. The van der Waals surface area contributed by atoms with Gasteiger partial charge < -0.3 is 19.9 Å². The zero-order chi connectivity index (χ0) is 19.7. The summed E-state index contributed by atoms with van der Waals surface area (Å²) in [6.07, 6.45) is 0.963. The van der Waals surface area contributed by atoms with E-state index < -0.39 is 6.04 Å². The van der Waals surface area contributed by atoms with E-state index in [4.69, 9.17) is 4.74 Å². The lowest BCUT2D eigenvalue weighted by atomic mass is 9.97. The molecule has 0 aliphatic carbocycles. The topological polar surface area (TPSA) is 79.0 Å². The zero-order valence-electron chi connectivity index (χ0n) is 16.4. The van der Waals surface area contributed by atoms with E-state index in [9.17, 15) is 14.4 Å². The van der Waals surface area contributed by atoms with Crippen LogP contribution in [-0.2, 0) is 9.59 Å². The summed E-state index contributed by atoms with van der Waals surface area (Å²) in [6.45, 7) is 7.81. The Morgan fingerprint density at radius 2 is 1.70 bits per heavy atom. The van der Waals surface area contributed by atoms with E-state index in [1.807, 2.05) is 26.8 Å². The predicted molar refractivity (Wildman–Crippen MR) is 101 cm³/mol. The van der Waals surface area contributed by atoms with E-state index in [0.29, 0.717) is 44.6 Å². The molecule has 7 nitrogen and oxygen atoms in total.